The Morgan fingerprint density at radius 1 is 1.38 bits per heavy atom. The maximum atomic E-state index is 13.9. The number of nitrogens with zero attached hydrogens (tertiary/aromatic N) is 1. The summed E-state index contributed by atoms with van der Waals surface area (Å²) in [5, 5.41) is 3.15. The SMILES string of the molecule is FC(F)(CN1CCNCC1)c1ccc(Br)s1. The van der Waals surface area contributed by atoms with Gasteiger partial charge in [-0.05, 0) is 28.1 Å². The van der Waals surface area contributed by atoms with Gasteiger partial charge in [0, 0.05) is 26.2 Å². The van der Waals surface area contributed by atoms with Gasteiger partial charge in [0.05, 0.1) is 15.2 Å². The molecule has 1 saturated heterocycles. The normalized spacial score (nSPS) is 18.9. The summed E-state index contributed by atoms with van der Waals surface area (Å²) in [5.74, 6) is -2.74. The minimum atomic E-state index is -2.74. The van der Waals surface area contributed by atoms with Gasteiger partial charge in [0.25, 0.3) is 5.92 Å². The van der Waals surface area contributed by atoms with Gasteiger partial charge in [-0.25, -0.2) is 0 Å². The second-order valence-electron chi connectivity index (χ2n) is 3.83. The van der Waals surface area contributed by atoms with Crippen LogP contribution in [0, 0.1) is 0 Å². The Labute approximate surface area is 106 Å². The van der Waals surface area contributed by atoms with E-state index < -0.39 is 5.92 Å². The van der Waals surface area contributed by atoms with Crippen LogP contribution in [0.25, 0.3) is 0 Å². The van der Waals surface area contributed by atoms with Crippen LogP contribution < -0.4 is 5.32 Å². The summed E-state index contributed by atoms with van der Waals surface area (Å²) in [5.41, 5.74) is 0. The quantitative estimate of drug-likeness (QED) is 0.923. The average molecular weight is 311 g/mol. The third kappa shape index (κ3) is 3.00. The van der Waals surface area contributed by atoms with Crippen LogP contribution in [-0.2, 0) is 5.92 Å². The molecule has 2 rings (SSSR count). The van der Waals surface area contributed by atoms with Crippen molar-refractivity contribution < 1.29 is 8.78 Å². The Morgan fingerprint density at radius 3 is 2.62 bits per heavy atom. The van der Waals surface area contributed by atoms with E-state index in [9.17, 15) is 8.78 Å². The summed E-state index contributed by atoms with van der Waals surface area (Å²) in [6.07, 6.45) is 0. The van der Waals surface area contributed by atoms with Crippen LogP contribution in [0.15, 0.2) is 15.9 Å². The number of hydrogen-bond donors (Lipinski definition) is 1. The minimum absolute atomic E-state index is 0.137. The molecular formula is C10H13BrF2N2S. The molecule has 0 unspecified atom stereocenters. The average Bonchev–Trinajstić information content (AvgIpc) is 2.66. The molecule has 0 aliphatic carbocycles. The lowest BCUT2D eigenvalue weighted by Gasteiger charge is -2.30. The molecule has 2 nitrogen and oxygen atoms in total. The Bertz CT molecular complexity index is 350. The van der Waals surface area contributed by atoms with Crippen molar-refractivity contribution in [2.45, 2.75) is 5.92 Å². The van der Waals surface area contributed by atoms with Crippen LogP contribution in [0.2, 0.25) is 0 Å². The number of rotatable bonds is 3. The largest absolute Gasteiger partial charge is 0.314 e. The van der Waals surface area contributed by atoms with E-state index in [4.69, 9.17) is 0 Å². The molecule has 1 fully saturated rings. The second kappa shape index (κ2) is 5.08. The number of thiophene rings is 1. The highest BCUT2D eigenvalue weighted by molar-refractivity contribution is 9.11. The van der Waals surface area contributed by atoms with E-state index in [1.165, 1.54) is 6.07 Å². The summed E-state index contributed by atoms with van der Waals surface area (Å²) in [7, 11) is 0. The number of hydrogen-bond acceptors (Lipinski definition) is 3. The molecule has 0 aromatic carbocycles. The molecule has 1 aliphatic rings. The van der Waals surface area contributed by atoms with Crippen molar-refractivity contribution in [3.63, 3.8) is 0 Å². The first-order chi connectivity index (χ1) is 7.58. The molecular weight excluding hydrogens is 298 g/mol. The summed E-state index contributed by atoms with van der Waals surface area (Å²) >= 11 is 4.32. The van der Waals surface area contributed by atoms with Crippen molar-refractivity contribution in [3.8, 4) is 0 Å². The maximum Gasteiger partial charge on any atom is 0.294 e. The van der Waals surface area contributed by atoms with E-state index in [-0.39, 0.29) is 11.4 Å². The Hall–Kier alpha value is -0.0400. The van der Waals surface area contributed by atoms with Crippen LogP contribution in [-0.4, -0.2) is 37.6 Å². The third-order valence-electron chi connectivity index (χ3n) is 2.57. The highest BCUT2D eigenvalue weighted by Gasteiger charge is 2.35. The van der Waals surface area contributed by atoms with Crippen molar-refractivity contribution in [2.75, 3.05) is 32.7 Å². The van der Waals surface area contributed by atoms with E-state index in [0.717, 1.165) is 28.2 Å². The number of nitrogens with one attached hydrogen (secondary N) is 1. The molecule has 1 aromatic heterocycles. The molecule has 0 atom stereocenters. The molecule has 1 aliphatic heterocycles. The molecule has 0 bridgehead atoms. The molecule has 0 spiro atoms. The molecule has 2 heterocycles. The summed E-state index contributed by atoms with van der Waals surface area (Å²) in [6.45, 7) is 2.81. The van der Waals surface area contributed by atoms with E-state index in [0.29, 0.717) is 13.1 Å². The highest BCUT2D eigenvalue weighted by atomic mass is 79.9. The van der Waals surface area contributed by atoms with Crippen molar-refractivity contribution in [1.82, 2.24) is 10.2 Å². The molecule has 16 heavy (non-hydrogen) atoms. The minimum Gasteiger partial charge on any atom is -0.314 e. The summed E-state index contributed by atoms with van der Waals surface area (Å²) in [4.78, 5) is 1.95. The van der Waals surface area contributed by atoms with Gasteiger partial charge in [0.1, 0.15) is 0 Å². The molecule has 0 amide bonds. The lowest BCUT2D eigenvalue weighted by molar-refractivity contribution is -0.0368. The molecule has 0 saturated carbocycles. The van der Waals surface area contributed by atoms with Crippen molar-refractivity contribution in [3.05, 3.63) is 20.8 Å². The predicted molar refractivity (Wildman–Crippen MR) is 65.2 cm³/mol. The molecule has 90 valence electrons. The third-order valence-corrected chi connectivity index (χ3v) is 4.30. The van der Waals surface area contributed by atoms with Gasteiger partial charge in [-0.3, -0.25) is 4.90 Å². The van der Waals surface area contributed by atoms with Crippen LogP contribution in [0.3, 0.4) is 0 Å². The van der Waals surface area contributed by atoms with Gasteiger partial charge in [-0.2, -0.15) is 8.78 Å². The van der Waals surface area contributed by atoms with Gasteiger partial charge in [0.15, 0.2) is 0 Å². The highest BCUT2D eigenvalue weighted by Crippen LogP contribution is 2.36. The molecule has 0 radical (unpaired) electrons. The van der Waals surface area contributed by atoms with Gasteiger partial charge < -0.3 is 5.32 Å². The standard InChI is InChI=1S/C10H13BrF2N2S/c11-9-2-1-8(16-9)10(12,13)7-15-5-3-14-4-6-15/h1-2,14H,3-7H2. The first-order valence-electron chi connectivity index (χ1n) is 5.15. The smallest absolute Gasteiger partial charge is 0.294 e. The van der Waals surface area contributed by atoms with Gasteiger partial charge in [-0.15, -0.1) is 11.3 Å². The Morgan fingerprint density at radius 2 is 2.06 bits per heavy atom. The maximum absolute atomic E-state index is 13.9. The number of halogens is 3. The summed E-state index contributed by atoms with van der Waals surface area (Å²) in [6, 6.07) is 3.17. The number of piperazine rings is 1. The first-order valence-corrected chi connectivity index (χ1v) is 6.75. The fraction of sp³-hybridized carbons (Fsp3) is 0.600. The Kier molecular flexibility index (Phi) is 3.94. The van der Waals surface area contributed by atoms with Crippen LogP contribution in [0.4, 0.5) is 8.78 Å². The predicted octanol–water partition coefficient (Wildman–Crippen LogP) is 2.51. The topological polar surface area (TPSA) is 15.3 Å². The molecule has 1 aromatic rings. The lowest BCUT2D eigenvalue weighted by atomic mass is 10.2. The van der Waals surface area contributed by atoms with Crippen molar-refractivity contribution in [2.24, 2.45) is 0 Å². The lowest BCUT2D eigenvalue weighted by Crippen LogP contribution is -2.47. The van der Waals surface area contributed by atoms with E-state index in [2.05, 4.69) is 21.2 Å². The van der Waals surface area contributed by atoms with Crippen LogP contribution in [0.1, 0.15) is 4.88 Å². The second-order valence-corrected chi connectivity index (χ2v) is 6.30. The van der Waals surface area contributed by atoms with E-state index in [1.54, 1.807) is 6.07 Å². The zero-order valence-corrected chi connectivity index (χ0v) is 11.1. The Balaban J connectivity index is 2.01. The number of alkyl halides is 2. The zero-order chi connectivity index (χ0) is 11.6. The zero-order valence-electron chi connectivity index (χ0n) is 8.68. The van der Waals surface area contributed by atoms with Crippen molar-refractivity contribution in [1.29, 1.82) is 0 Å². The fourth-order valence-corrected chi connectivity index (χ4v) is 3.09. The molecule has 1 N–H and O–H groups in total. The van der Waals surface area contributed by atoms with E-state index >= 15 is 0 Å². The van der Waals surface area contributed by atoms with Gasteiger partial charge in [0.2, 0.25) is 0 Å². The van der Waals surface area contributed by atoms with Gasteiger partial charge >= 0.3 is 0 Å². The van der Waals surface area contributed by atoms with E-state index in [1.807, 2.05) is 4.90 Å². The van der Waals surface area contributed by atoms with Crippen molar-refractivity contribution >= 4 is 27.3 Å². The summed E-state index contributed by atoms with van der Waals surface area (Å²) < 4.78 is 28.5. The van der Waals surface area contributed by atoms with Crippen LogP contribution in [0.5, 0.6) is 0 Å². The van der Waals surface area contributed by atoms with Gasteiger partial charge in [-0.1, -0.05) is 0 Å². The first kappa shape index (κ1) is 12.4. The van der Waals surface area contributed by atoms with Crippen LogP contribution >= 0.6 is 27.3 Å². The monoisotopic (exact) mass is 310 g/mol. The fourth-order valence-electron chi connectivity index (χ4n) is 1.74. The molecule has 6 heteroatoms.